The molecule has 5 rings (SSSR count). The standard InChI is InChI=1S/C27H23N3O3S/c1-16-12-17(2)14-20(13-16)30-25(24(29-27(30)34)21-8-3-4-11-28-21)23-10-9-22(33-23)18-6-5-7-19(15-18)26(31)32/h3-15,24-25H,1-2H3,(H,29,34)(H,31,32)/t24-,25+/m1/s1. The van der Waals surface area contributed by atoms with Crippen molar-refractivity contribution in [3.05, 3.63) is 107 Å². The van der Waals surface area contributed by atoms with Gasteiger partial charge in [-0.25, -0.2) is 4.79 Å². The molecule has 0 amide bonds. The molecule has 7 heteroatoms. The van der Waals surface area contributed by atoms with Gasteiger partial charge in [0.15, 0.2) is 5.11 Å². The van der Waals surface area contributed by atoms with E-state index in [1.165, 1.54) is 0 Å². The van der Waals surface area contributed by atoms with E-state index in [-0.39, 0.29) is 17.6 Å². The molecule has 2 aromatic heterocycles. The van der Waals surface area contributed by atoms with E-state index >= 15 is 0 Å². The monoisotopic (exact) mass is 469 g/mol. The molecule has 6 nitrogen and oxygen atoms in total. The minimum Gasteiger partial charge on any atom is -0.478 e. The van der Waals surface area contributed by atoms with E-state index < -0.39 is 5.97 Å². The third-order valence-corrected chi connectivity index (χ3v) is 6.21. The number of nitrogens with one attached hydrogen (secondary N) is 1. The molecule has 0 bridgehead atoms. The number of anilines is 1. The smallest absolute Gasteiger partial charge is 0.335 e. The van der Waals surface area contributed by atoms with Gasteiger partial charge in [-0.1, -0.05) is 24.3 Å². The van der Waals surface area contributed by atoms with Crippen LogP contribution in [0.3, 0.4) is 0 Å². The molecule has 2 N–H and O–H groups in total. The molecule has 1 saturated heterocycles. The van der Waals surface area contributed by atoms with Crippen LogP contribution in [0.2, 0.25) is 0 Å². The number of hydrogen-bond acceptors (Lipinski definition) is 4. The van der Waals surface area contributed by atoms with Gasteiger partial charge in [-0.05, 0) is 85.7 Å². The van der Waals surface area contributed by atoms with Gasteiger partial charge in [-0.3, -0.25) is 4.98 Å². The Morgan fingerprint density at radius 2 is 1.82 bits per heavy atom. The van der Waals surface area contributed by atoms with Crippen LogP contribution in [-0.2, 0) is 0 Å². The number of hydrogen-bond donors (Lipinski definition) is 2. The lowest BCUT2D eigenvalue weighted by Gasteiger charge is -2.26. The molecular formula is C27H23N3O3S. The van der Waals surface area contributed by atoms with Crippen molar-refractivity contribution in [1.29, 1.82) is 0 Å². The fourth-order valence-corrected chi connectivity index (χ4v) is 4.83. The zero-order valence-electron chi connectivity index (χ0n) is 18.7. The van der Waals surface area contributed by atoms with Gasteiger partial charge in [0.1, 0.15) is 17.6 Å². The van der Waals surface area contributed by atoms with Crippen molar-refractivity contribution in [1.82, 2.24) is 10.3 Å². The fourth-order valence-electron chi connectivity index (χ4n) is 4.48. The number of aromatic nitrogens is 1. The van der Waals surface area contributed by atoms with Crippen molar-refractivity contribution >= 4 is 29.0 Å². The number of carboxylic acid groups (broad SMARTS) is 1. The molecule has 0 aliphatic carbocycles. The van der Waals surface area contributed by atoms with Gasteiger partial charge in [0.05, 0.1) is 17.3 Å². The van der Waals surface area contributed by atoms with Gasteiger partial charge in [0.2, 0.25) is 0 Å². The summed E-state index contributed by atoms with van der Waals surface area (Å²) in [5, 5.41) is 13.4. The molecule has 0 radical (unpaired) electrons. The van der Waals surface area contributed by atoms with Crippen LogP contribution in [0, 0.1) is 13.8 Å². The Balaban J connectivity index is 1.61. The lowest BCUT2D eigenvalue weighted by molar-refractivity contribution is 0.0697. The lowest BCUT2D eigenvalue weighted by Crippen LogP contribution is -2.29. The van der Waals surface area contributed by atoms with E-state index in [2.05, 4.69) is 47.2 Å². The molecule has 0 saturated carbocycles. The molecular weight excluding hydrogens is 446 g/mol. The average molecular weight is 470 g/mol. The van der Waals surface area contributed by atoms with Gasteiger partial charge in [0.25, 0.3) is 0 Å². The molecule has 0 unspecified atom stereocenters. The van der Waals surface area contributed by atoms with Gasteiger partial charge in [-0.2, -0.15) is 0 Å². The van der Waals surface area contributed by atoms with Crippen LogP contribution in [0.4, 0.5) is 5.69 Å². The van der Waals surface area contributed by atoms with Crippen LogP contribution in [0.1, 0.15) is 45.0 Å². The van der Waals surface area contributed by atoms with Crippen LogP contribution in [-0.4, -0.2) is 21.2 Å². The number of nitrogens with zero attached hydrogens (tertiary/aromatic N) is 2. The molecule has 4 aromatic rings. The Morgan fingerprint density at radius 1 is 1.03 bits per heavy atom. The molecule has 1 aliphatic rings. The van der Waals surface area contributed by atoms with Crippen molar-refractivity contribution in [2.24, 2.45) is 0 Å². The largest absolute Gasteiger partial charge is 0.478 e. The Bertz CT molecular complexity index is 1360. The number of rotatable bonds is 5. The topological polar surface area (TPSA) is 78.6 Å². The summed E-state index contributed by atoms with van der Waals surface area (Å²) >= 11 is 5.79. The summed E-state index contributed by atoms with van der Waals surface area (Å²) in [4.78, 5) is 18.1. The molecule has 2 aromatic carbocycles. The predicted octanol–water partition coefficient (Wildman–Crippen LogP) is 5.83. The summed E-state index contributed by atoms with van der Waals surface area (Å²) in [5.74, 6) is 0.323. The zero-order valence-corrected chi connectivity index (χ0v) is 19.5. The van der Waals surface area contributed by atoms with Crippen molar-refractivity contribution in [3.8, 4) is 11.3 Å². The number of aromatic carboxylic acids is 1. The second-order valence-electron chi connectivity index (χ2n) is 8.43. The van der Waals surface area contributed by atoms with Crippen molar-refractivity contribution < 1.29 is 14.3 Å². The minimum absolute atomic E-state index is 0.211. The van der Waals surface area contributed by atoms with E-state index in [1.54, 1.807) is 24.4 Å². The second kappa shape index (κ2) is 8.76. The molecule has 0 spiro atoms. The maximum absolute atomic E-state index is 11.4. The second-order valence-corrected chi connectivity index (χ2v) is 8.82. The highest BCUT2D eigenvalue weighted by atomic mass is 32.1. The van der Waals surface area contributed by atoms with Crippen LogP contribution in [0.25, 0.3) is 11.3 Å². The number of carboxylic acids is 1. The SMILES string of the molecule is Cc1cc(C)cc(N2C(=S)N[C@H](c3ccccn3)[C@@H]2c2ccc(-c3cccc(C(=O)O)c3)o2)c1. The van der Waals surface area contributed by atoms with Crippen molar-refractivity contribution in [2.75, 3.05) is 4.90 Å². The summed E-state index contributed by atoms with van der Waals surface area (Å²) in [6, 6.07) is 22.2. The maximum Gasteiger partial charge on any atom is 0.335 e. The molecule has 1 aliphatic heterocycles. The Kier molecular flexibility index (Phi) is 5.63. The lowest BCUT2D eigenvalue weighted by atomic mass is 10.0. The van der Waals surface area contributed by atoms with Gasteiger partial charge >= 0.3 is 5.97 Å². The van der Waals surface area contributed by atoms with Crippen LogP contribution in [0.5, 0.6) is 0 Å². The normalized spacial score (nSPS) is 17.6. The first kappa shape index (κ1) is 21.9. The fraction of sp³-hybridized carbons (Fsp3) is 0.148. The number of furan rings is 1. The number of aryl methyl sites for hydroxylation is 2. The van der Waals surface area contributed by atoms with Crippen LogP contribution >= 0.6 is 12.2 Å². The van der Waals surface area contributed by atoms with Crippen molar-refractivity contribution in [2.45, 2.75) is 25.9 Å². The maximum atomic E-state index is 11.4. The highest BCUT2D eigenvalue weighted by Crippen LogP contribution is 2.43. The van der Waals surface area contributed by atoms with E-state index in [1.807, 2.05) is 36.4 Å². The average Bonchev–Trinajstić information content (AvgIpc) is 3.43. The van der Waals surface area contributed by atoms with Crippen LogP contribution in [0.15, 0.2) is 83.4 Å². The summed E-state index contributed by atoms with van der Waals surface area (Å²) in [6.45, 7) is 4.13. The first-order valence-corrected chi connectivity index (χ1v) is 11.3. The molecule has 34 heavy (non-hydrogen) atoms. The number of thiocarbonyl (C=S) groups is 1. The van der Waals surface area contributed by atoms with Gasteiger partial charge < -0.3 is 19.7 Å². The first-order chi connectivity index (χ1) is 16.4. The van der Waals surface area contributed by atoms with Crippen molar-refractivity contribution in [3.63, 3.8) is 0 Å². The van der Waals surface area contributed by atoms with E-state index in [9.17, 15) is 9.90 Å². The molecule has 1 fully saturated rings. The quantitative estimate of drug-likeness (QED) is 0.356. The number of benzene rings is 2. The first-order valence-electron chi connectivity index (χ1n) is 10.9. The van der Waals surface area contributed by atoms with E-state index in [0.29, 0.717) is 22.2 Å². The van der Waals surface area contributed by atoms with Crippen LogP contribution < -0.4 is 10.2 Å². The predicted molar refractivity (Wildman–Crippen MR) is 135 cm³/mol. The third-order valence-electron chi connectivity index (χ3n) is 5.90. The minimum atomic E-state index is -0.977. The molecule has 170 valence electrons. The van der Waals surface area contributed by atoms with E-state index in [4.69, 9.17) is 16.6 Å². The highest BCUT2D eigenvalue weighted by molar-refractivity contribution is 7.80. The molecule has 2 atom stereocenters. The van der Waals surface area contributed by atoms with Gasteiger partial charge in [-0.15, -0.1) is 0 Å². The Hall–Kier alpha value is -3.97. The summed E-state index contributed by atoms with van der Waals surface area (Å²) in [7, 11) is 0. The zero-order chi connectivity index (χ0) is 23.8. The van der Waals surface area contributed by atoms with Gasteiger partial charge in [0, 0.05) is 17.4 Å². The van der Waals surface area contributed by atoms with E-state index in [0.717, 1.165) is 22.5 Å². The Labute approximate surface area is 202 Å². The summed E-state index contributed by atoms with van der Waals surface area (Å²) < 4.78 is 6.34. The summed E-state index contributed by atoms with van der Waals surface area (Å²) in [6.07, 6.45) is 1.77. The summed E-state index contributed by atoms with van der Waals surface area (Å²) in [5.41, 5.74) is 5.03. The third kappa shape index (κ3) is 4.06. The Morgan fingerprint density at radius 3 is 2.53 bits per heavy atom. The highest BCUT2D eigenvalue weighted by Gasteiger charge is 2.42. The number of carbonyl (C=O) groups is 1. The molecule has 3 heterocycles. The number of pyridine rings is 1.